The van der Waals surface area contributed by atoms with Crippen LogP contribution in [0.2, 0.25) is 0 Å². The lowest BCUT2D eigenvalue weighted by atomic mass is 9.89. The summed E-state index contributed by atoms with van der Waals surface area (Å²) in [4.78, 5) is 0. The summed E-state index contributed by atoms with van der Waals surface area (Å²) in [7, 11) is 0. The summed E-state index contributed by atoms with van der Waals surface area (Å²) >= 11 is 0. The molecule has 12 heavy (non-hydrogen) atoms. The van der Waals surface area contributed by atoms with Gasteiger partial charge in [0.05, 0.1) is 11.7 Å². The molecule has 2 N–H and O–H groups in total. The number of hydrogen-bond donors (Lipinski definition) is 2. The summed E-state index contributed by atoms with van der Waals surface area (Å²) < 4.78 is 0. The molecule has 0 saturated heterocycles. The van der Waals surface area contributed by atoms with Gasteiger partial charge in [-0.05, 0) is 25.2 Å². The van der Waals surface area contributed by atoms with Gasteiger partial charge in [0.15, 0.2) is 0 Å². The highest BCUT2D eigenvalue weighted by molar-refractivity contribution is 4.91. The maximum atomic E-state index is 9.96. The topological polar surface area (TPSA) is 40.5 Å². The Morgan fingerprint density at radius 1 is 1.25 bits per heavy atom. The first-order valence-electron chi connectivity index (χ1n) is 4.95. The van der Waals surface area contributed by atoms with Crippen molar-refractivity contribution in [1.29, 1.82) is 0 Å². The summed E-state index contributed by atoms with van der Waals surface area (Å²) in [6.45, 7) is 4.14. The van der Waals surface area contributed by atoms with Gasteiger partial charge in [-0.25, -0.2) is 0 Å². The van der Waals surface area contributed by atoms with Crippen molar-refractivity contribution in [3.05, 3.63) is 0 Å². The van der Waals surface area contributed by atoms with Crippen LogP contribution >= 0.6 is 0 Å². The van der Waals surface area contributed by atoms with Gasteiger partial charge < -0.3 is 10.2 Å². The minimum Gasteiger partial charge on any atom is -0.390 e. The first kappa shape index (κ1) is 10.0. The van der Waals surface area contributed by atoms with Crippen LogP contribution in [-0.2, 0) is 0 Å². The molecule has 1 unspecified atom stereocenters. The summed E-state index contributed by atoms with van der Waals surface area (Å²) in [5, 5.41) is 19.7. The van der Waals surface area contributed by atoms with E-state index in [9.17, 15) is 10.2 Å². The maximum absolute atomic E-state index is 9.96. The average molecular weight is 172 g/mol. The maximum Gasteiger partial charge on any atom is 0.0905 e. The van der Waals surface area contributed by atoms with E-state index in [-0.39, 0.29) is 0 Å². The number of rotatable bonds is 3. The van der Waals surface area contributed by atoms with Gasteiger partial charge in [-0.2, -0.15) is 0 Å². The van der Waals surface area contributed by atoms with E-state index in [1.807, 2.05) is 0 Å². The zero-order valence-electron chi connectivity index (χ0n) is 8.08. The Morgan fingerprint density at radius 2 is 1.75 bits per heavy atom. The van der Waals surface area contributed by atoms with Crippen molar-refractivity contribution in [2.75, 3.05) is 0 Å². The number of aliphatic hydroxyl groups is 2. The molecule has 2 heteroatoms. The van der Waals surface area contributed by atoms with Crippen LogP contribution in [0.3, 0.4) is 0 Å². The third kappa shape index (κ3) is 2.20. The number of hydrogen-bond acceptors (Lipinski definition) is 2. The molecule has 0 radical (unpaired) electrons. The summed E-state index contributed by atoms with van der Waals surface area (Å²) in [5.74, 6) is 0.463. The molecule has 0 amide bonds. The van der Waals surface area contributed by atoms with Crippen LogP contribution in [0.5, 0.6) is 0 Å². The van der Waals surface area contributed by atoms with E-state index in [1.54, 1.807) is 0 Å². The van der Waals surface area contributed by atoms with E-state index in [2.05, 4.69) is 13.8 Å². The summed E-state index contributed by atoms with van der Waals surface area (Å²) in [6.07, 6.45) is 3.88. The van der Waals surface area contributed by atoms with Gasteiger partial charge in [0, 0.05) is 0 Å². The Hall–Kier alpha value is -0.0800. The smallest absolute Gasteiger partial charge is 0.0905 e. The predicted molar refractivity (Wildman–Crippen MR) is 48.9 cm³/mol. The van der Waals surface area contributed by atoms with Crippen LogP contribution in [0.1, 0.15) is 46.0 Å². The molecule has 1 fully saturated rings. The Labute approximate surface area is 74.6 Å². The molecule has 0 spiro atoms. The van der Waals surface area contributed by atoms with Crippen molar-refractivity contribution >= 4 is 0 Å². The van der Waals surface area contributed by atoms with Gasteiger partial charge in [0.25, 0.3) is 0 Å². The van der Waals surface area contributed by atoms with Crippen molar-refractivity contribution in [3.8, 4) is 0 Å². The van der Waals surface area contributed by atoms with E-state index >= 15 is 0 Å². The standard InChI is InChI=1S/C10H20O2/c1-8(2)7-9(11)10(12)5-3-4-6-10/h8-9,11-12H,3-7H2,1-2H3. The molecule has 1 saturated carbocycles. The molecule has 2 nitrogen and oxygen atoms in total. The average Bonchev–Trinajstić information content (AvgIpc) is 2.36. The largest absolute Gasteiger partial charge is 0.390 e. The molecule has 0 aromatic heterocycles. The lowest BCUT2D eigenvalue weighted by Gasteiger charge is -2.29. The molecule has 0 heterocycles. The third-order valence-electron chi connectivity index (χ3n) is 2.78. The van der Waals surface area contributed by atoms with Gasteiger partial charge in [-0.3, -0.25) is 0 Å². The predicted octanol–water partition coefficient (Wildman–Crippen LogP) is 1.70. The van der Waals surface area contributed by atoms with Crippen LogP contribution in [0, 0.1) is 5.92 Å². The van der Waals surface area contributed by atoms with Crippen molar-refractivity contribution in [2.45, 2.75) is 57.7 Å². The SMILES string of the molecule is CC(C)CC(O)C1(O)CCCC1. The molecule has 1 atom stereocenters. The van der Waals surface area contributed by atoms with Crippen LogP contribution in [0.4, 0.5) is 0 Å². The normalized spacial score (nSPS) is 24.8. The first-order chi connectivity index (χ1) is 5.54. The van der Waals surface area contributed by atoms with Gasteiger partial charge >= 0.3 is 0 Å². The highest BCUT2D eigenvalue weighted by Crippen LogP contribution is 2.34. The second-order valence-corrected chi connectivity index (χ2v) is 4.46. The zero-order valence-corrected chi connectivity index (χ0v) is 8.08. The molecular formula is C10H20O2. The Morgan fingerprint density at radius 3 is 2.17 bits per heavy atom. The van der Waals surface area contributed by atoms with Crippen LogP contribution in [0.25, 0.3) is 0 Å². The molecule has 1 rings (SSSR count). The molecule has 0 bridgehead atoms. The highest BCUT2D eigenvalue weighted by Gasteiger charge is 2.38. The van der Waals surface area contributed by atoms with Gasteiger partial charge in [-0.1, -0.05) is 26.7 Å². The highest BCUT2D eigenvalue weighted by atomic mass is 16.3. The van der Waals surface area contributed by atoms with Crippen molar-refractivity contribution in [2.24, 2.45) is 5.92 Å². The van der Waals surface area contributed by atoms with Gasteiger partial charge in [0.2, 0.25) is 0 Å². The Bertz CT molecular complexity index is 137. The molecule has 1 aliphatic rings. The zero-order chi connectivity index (χ0) is 9.19. The second kappa shape index (κ2) is 3.75. The fourth-order valence-electron chi connectivity index (χ4n) is 1.99. The Kier molecular flexibility index (Phi) is 3.13. The van der Waals surface area contributed by atoms with Crippen molar-refractivity contribution in [3.63, 3.8) is 0 Å². The summed E-state index contributed by atoms with van der Waals surface area (Å²) in [5.41, 5.74) is -0.760. The van der Waals surface area contributed by atoms with Gasteiger partial charge in [-0.15, -0.1) is 0 Å². The fraction of sp³-hybridized carbons (Fsp3) is 1.00. The molecular weight excluding hydrogens is 152 g/mol. The van der Waals surface area contributed by atoms with Crippen LogP contribution < -0.4 is 0 Å². The van der Waals surface area contributed by atoms with E-state index in [0.29, 0.717) is 5.92 Å². The van der Waals surface area contributed by atoms with E-state index < -0.39 is 11.7 Å². The van der Waals surface area contributed by atoms with Crippen LogP contribution in [-0.4, -0.2) is 21.9 Å². The molecule has 1 aliphatic carbocycles. The Balaban J connectivity index is 2.44. The van der Waals surface area contributed by atoms with Crippen LogP contribution in [0.15, 0.2) is 0 Å². The van der Waals surface area contributed by atoms with E-state index in [4.69, 9.17) is 0 Å². The lowest BCUT2D eigenvalue weighted by Crippen LogP contribution is -2.40. The van der Waals surface area contributed by atoms with Crippen molar-refractivity contribution in [1.82, 2.24) is 0 Å². The minimum atomic E-state index is -0.760. The second-order valence-electron chi connectivity index (χ2n) is 4.46. The molecule has 0 aromatic rings. The third-order valence-corrected chi connectivity index (χ3v) is 2.78. The number of aliphatic hydroxyl groups excluding tert-OH is 1. The van der Waals surface area contributed by atoms with Crippen molar-refractivity contribution < 1.29 is 10.2 Å². The van der Waals surface area contributed by atoms with E-state index in [0.717, 1.165) is 32.1 Å². The van der Waals surface area contributed by atoms with Gasteiger partial charge in [0.1, 0.15) is 0 Å². The molecule has 0 aromatic carbocycles. The lowest BCUT2D eigenvalue weighted by molar-refractivity contribution is -0.0774. The molecule has 0 aliphatic heterocycles. The van der Waals surface area contributed by atoms with E-state index in [1.165, 1.54) is 0 Å². The fourth-order valence-corrected chi connectivity index (χ4v) is 1.99. The molecule has 72 valence electrons. The quantitative estimate of drug-likeness (QED) is 0.680. The first-order valence-corrected chi connectivity index (χ1v) is 4.95. The monoisotopic (exact) mass is 172 g/mol. The summed E-state index contributed by atoms with van der Waals surface area (Å²) in [6, 6.07) is 0. The minimum absolute atomic E-state index is 0.463.